The van der Waals surface area contributed by atoms with Crippen molar-refractivity contribution in [1.82, 2.24) is 15.2 Å². The van der Waals surface area contributed by atoms with Crippen LogP contribution >= 0.6 is 23.1 Å². The number of amides is 1. The number of hydrogen-bond acceptors (Lipinski definition) is 8. The van der Waals surface area contributed by atoms with Gasteiger partial charge in [-0.15, -0.1) is 11.3 Å². The minimum atomic E-state index is -1.14. The zero-order chi connectivity index (χ0) is 20.9. The Labute approximate surface area is 176 Å². The van der Waals surface area contributed by atoms with Gasteiger partial charge < -0.3 is 25.5 Å². The molecule has 0 spiro atoms. The van der Waals surface area contributed by atoms with Crippen LogP contribution in [0.25, 0.3) is 5.57 Å². The third-order valence-electron chi connectivity index (χ3n) is 5.76. The average Bonchev–Trinajstić information content (AvgIpc) is 3.24. The Morgan fingerprint density at radius 1 is 1.52 bits per heavy atom. The van der Waals surface area contributed by atoms with Gasteiger partial charge in [0.2, 0.25) is 5.91 Å². The molecule has 0 saturated carbocycles. The molecule has 0 aromatic carbocycles. The summed E-state index contributed by atoms with van der Waals surface area (Å²) in [6.45, 7) is 4.20. The van der Waals surface area contributed by atoms with Crippen LogP contribution in [0.15, 0.2) is 26.4 Å². The second-order valence-electron chi connectivity index (χ2n) is 7.59. The van der Waals surface area contributed by atoms with E-state index < -0.39 is 18.0 Å². The quantitative estimate of drug-likeness (QED) is 0.489. The van der Waals surface area contributed by atoms with Crippen molar-refractivity contribution >= 4 is 40.5 Å². The van der Waals surface area contributed by atoms with Crippen molar-refractivity contribution in [2.24, 2.45) is 11.8 Å². The van der Waals surface area contributed by atoms with Crippen molar-refractivity contribution < 1.29 is 24.9 Å². The van der Waals surface area contributed by atoms with Crippen LogP contribution < -0.4 is 5.32 Å². The summed E-state index contributed by atoms with van der Waals surface area (Å²) in [5.41, 5.74) is 1.90. The lowest BCUT2D eigenvalue weighted by Crippen LogP contribution is -2.63. The highest BCUT2D eigenvalue weighted by Crippen LogP contribution is 2.52. The Bertz CT molecular complexity index is 909. The van der Waals surface area contributed by atoms with Crippen LogP contribution in [0.3, 0.4) is 0 Å². The standard InChI is InChI=1S/C19H23N3O5S2/c1-8-14-13(9(2)24)17(25)22(14)15(18(26)27)16(8)29-19-21-12(7-28-19)10-3-4-20-11(5-10)6-23/h3,7-9,11,13-14,20,23-24H,4-6H2,1-2H3,(H,26,27). The molecule has 4 N–H and O–H groups in total. The van der Waals surface area contributed by atoms with Gasteiger partial charge in [-0.3, -0.25) is 4.79 Å². The molecule has 4 heterocycles. The van der Waals surface area contributed by atoms with Crippen LogP contribution in [0.4, 0.5) is 0 Å². The number of nitrogens with one attached hydrogen (secondary N) is 1. The van der Waals surface area contributed by atoms with E-state index in [-0.39, 0.29) is 36.2 Å². The van der Waals surface area contributed by atoms with Crippen LogP contribution in [-0.4, -0.2) is 68.4 Å². The Morgan fingerprint density at radius 2 is 2.28 bits per heavy atom. The van der Waals surface area contributed by atoms with E-state index in [0.717, 1.165) is 11.3 Å². The number of rotatable bonds is 6. The minimum Gasteiger partial charge on any atom is -0.477 e. The van der Waals surface area contributed by atoms with E-state index >= 15 is 0 Å². The fourth-order valence-corrected chi connectivity index (χ4v) is 6.42. The second-order valence-corrected chi connectivity index (χ2v) is 9.74. The summed E-state index contributed by atoms with van der Waals surface area (Å²) >= 11 is 2.72. The molecule has 1 amide bonds. The third kappa shape index (κ3) is 3.42. The molecule has 8 nitrogen and oxygen atoms in total. The number of carbonyl (C=O) groups is 2. The lowest BCUT2D eigenvalue weighted by molar-refractivity contribution is -0.163. The number of aliphatic carboxylic acids is 1. The molecule has 0 aliphatic carbocycles. The number of thiazole rings is 1. The van der Waals surface area contributed by atoms with Crippen LogP contribution in [0.2, 0.25) is 0 Å². The molecule has 1 fully saturated rings. The molecule has 1 saturated heterocycles. The number of carboxylic acid groups (broad SMARTS) is 1. The van der Waals surface area contributed by atoms with Crippen molar-refractivity contribution in [3.8, 4) is 0 Å². The fourth-order valence-electron chi connectivity index (χ4n) is 4.31. The molecule has 1 aromatic rings. The Morgan fingerprint density at radius 3 is 2.93 bits per heavy atom. The lowest BCUT2D eigenvalue weighted by atomic mass is 9.79. The zero-order valence-corrected chi connectivity index (χ0v) is 17.7. The van der Waals surface area contributed by atoms with Gasteiger partial charge in [-0.25, -0.2) is 9.78 Å². The van der Waals surface area contributed by atoms with E-state index in [1.54, 1.807) is 6.92 Å². The van der Waals surface area contributed by atoms with Gasteiger partial charge in [0.05, 0.1) is 30.4 Å². The van der Waals surface area contributed by atoms with E-state index in [1.807, 2.05) is 18.4 Å². The van der Waals surface area contributed by atoms with Gasteiger partial charge in [-0.1, -0.05) is 24.8 Å². The summed E-state index contributed by atoms with van der Waals surface area (Å²) in [6, 6.07) is -0.316. The number of nitrogens with zero attached hydrogens (tertiary/aromatic N) is 2. The Balaban J connectivity index is 1.58. The molecule has 3 aliphatic heterocycles. The normalized spacial score (nSPS) is 30.1. The largest absolute Gasteiger partial charge is 0.477 e. The van der Waals surface area contributed by atoms with Crippen LogP contribution in [0.5, 0.6) is 0 Å². The summed E-state index contributed by atoms with van der Waals surface area (Å²) in [6.07, 6.45) is 1.92. The summed E-state index contributed by atoms with van der Waals surface area (Å²) in [5.74, 6) is -2.23. The molecule has 0 bridgehead atoms. The molecule has 4 rings (SSSR count). The predicted octanol–water partition coefficient (Wildman–Crippen LogP) is 1.13. The first-order valence-electron chi connectivity index (χ1n) is 9.49. The van der Waals surface area contributed by atoms with Gasteiger partial charge in [0, 0.05) is 28.8 Å². The first kappa shape index (κ1) is 20.5. The van der Waals surface area contributed by atoms with Crippen LogP contribution in [0, 0.1) is 11.8 Å². The number of hydrogen-bond donors (Lipinski definition) is 4. The number of thioether (sulfide) groups is 1. The number of aliphatic hydroxyl groups is 2. The first-order valence-corrected chi connectivity index (χ1v) is 11.2. The average molecular weight is 438 g/mol. The minimum absolute atomic E-state index is 0.00702. The van der Waals surface area contributed by atoms with E-state index in [0.29, 0.717) is 22.2 Å². The highest BCUT2D eigenvalue weighted by molar-refractivity contribution is 8.04. The topological polar surface area (TPSA) is 123 Å². The smallest absolute Gasteiger partial charge is 0.353 e. The summed E-state index contributed by atoms with van der Waals surface area (Å²) in [5, 5.41) is 34.2. The molecule has 0 radical (unpaired) electrons. The number of fused-ring (bicyclic) bond motifs is 1. The molecular weight excluding hydrogens is 414 g/mol. The molecule has 1 aromatic heterocycles. The van der Waals surface area contributed by atoms with Crippen molar-refractivity contribution in [1.29, 1.82) is 0 Å². The van der Waals surface area contributed by atoms with Crippen LogP contribution in [-0.2, 0) is 9.59 Å². The fraction of sp³-hybridized carbons (Fsp3) is 0.526. The van der Waals surface area contributed by atoms with Crippen molar-refractivity contribution in [2.75, 3.05) is 13.2 Å². The predicted molar refractivity (Wildman–Crippen MR) is 109 cm³/mol. The number of aliphatic hydroxyl groups excluding tert-OH is 2. The summed E-state index contributed by atoms with van der Waals surface area (Å²) < 4.78 is 0.712. The van der Waals surface area contributed by atoms with Crippen molar-refractivity contribution in [3.05, 3.63) is 27.8 Å². The van der Waals surface area contributed by atoms with Crippen LogP contribution in [0.1, 0.15) is 26.0 Å². The molecule has 10 heteroatoms. The Kier molecular flexibility index (Phi) is 5.56. The van der Waals surface area contributed by atoms with Crippen molar-refractivity contribution in [3.63, 3.8) is 0 Å². The monoisotopic (exact) mass is 437 g/mol. The highest BCUT2D eigenvalue weighted by atomic mass is 32.2. The zero-order valence-electron chi connectivity index (χ0n) is 16.0. The number of carboxylic acids is 1. The lowest BCUT2D eigenvalue weighted by Gasteiger charge is -2.46. The third-order valence-corrected chi connectivity index (χ3v) is 7.99. The molecule has 29 heavy (non-hydrogen) atoms. The number of carbonyl (C=O) groups excluding carboxylic acids is 1. The second kappa shape index (κ2) is 7.84. The highest BCUT2D eigenvalue weighted by Gasteiger charge is 2.60. The van der Waals surface area contributed by atoms with E-state index in [1.165, 1.54) is 28.0 Å². The molecule has 5 unspecified atom stereocenters. The molecule has 156 valence electrons. The molecule has 5 atom stereocenters. The van der Waals surface area contributed by atoms with E-state index in [2.05, 4.69) is 10.3 Å². The van der Waals surface area contributed by atoms with Gasteiger partial charge in [0.1, 0.15) is 5.70 Å². The molecule has 3 aliphatic rings. The first-order chi connectivity index (χ1) is 13.8. The summed E-state index contributed by atoms with van der Waals surface area (Å²) in [4.78, 5) is 30.9. The Hall–Kier alpha value is -1.72. The van der Waals surface area contributed by atoms with Gasteiger partial charge in [0.15, 0.2) is 4.34 Å². The van der Waals surface area contributed by atoms with Gasteiger partial charge >= 0.3 is 5.97 Å². The van der Waals surface area contributed by atoms with Gasteiger partial charge in [0.25, 0.3) is 0 Å². The maximum absolute atomic E-state index is 12.4. The number of β-lactam (4-membered cyclic amide) rings is 1. The maximum atomic E-state index is 12.4. The maximum Gasteiger partial charge on any atom is 0.353 e. The van der Waals surface area contributed by atoms with Crippen molar-refractivity contribution in [2.45, 2.75) is 42.8 Å². The summed E-state index contributed by atoms with van der Waals surface area (Å²) in [7, 11) is 0. The van der Waals surface area contributed by atoms with Gasteiger partial charge in [-0.2, -0.15) is 0 Å². The van der Waals surface area contributed by atoms with E-state index in [9.17, 15) is 24.9 Å². The van der Waals surface area contributed by atoms with Gasteiger partial charge in [-0.05, 0) is 18.9 Å². The number of aromatic nitrogens is 1. The van der Waals surface area contributed by atoms with E-state index in [4.69, 9.17) is 0 Å². The molecular formula is C19H23N3O5S2. The SMILES string of the molecule is CC(O)C1C(=O)N2C(C(=O)O)=C(Sc3nc(C4=CCNC(CO)C4)cs3)C(C)C12.